The quantitative estimate of drug-likeness (QED) is 0.288. The van der Waals surface area contributed by atoms with Gasteiger partial charge in [-0.15, -0.1) is 0 Å². The molecule has 206 valence electrons. The second kappa shape index (κ2) is 10.5. The molecule has 0 aromatic carbocycles. The van der Waals surface area contributed by atoms with Gasteiger partial charge in [-0.25, -0.2) is 23.5 Å². The number of fused-ring (bicyclic) bond motifs is 2. The highest BCUT2D eigenvalue weighted by Crippen LogP contribution is 2.29. The number of nitrogens with one attached hydrogen (secondary N) is 2. The smallest absolute Gasteiger partial charge is 0.335 e. The van der Waals surface area contributed by atoms with Crippen LogP contribution in [0.3, 0.4) is 0 Å². The van der Waals surface area contributed by atoms with Gasteiger partial charge in [0, 0.05) is 36.6 Å². The summed E-state index contributed by atoms with van der Waals surface area (Å²) >= 11 is 5.90. The first kappa shape index (κ1) is 26.1. The van der Waals surface area contributed by atoms with Gasteiger partial charge < -0.3 is 10.3 Å². The number of aromatic amines is 1. The van der Waals surface area contributed by atoms with Gasteiger partial charge in [-0.3, -0.25) is 18.9 Å². The number of aryl methyl sites for hydroxylation is 1. The van der Waals surface area contributed by atoms with Crippen molar-refractivity contribution in [3.63, 3.8) is 0 Å². The minimum atomic E-state index is -2.88. The number of rotatable bonds is 6. The van der Waals surface area contributed by atoms with E-state index in [0.717, 1.165) is 35.6 Å². The van der Waals surface area contributed by atoms with E-state index in [1.807, 2.05) is 25.3 Å². The Morgan fingerprint density at radius 3 is 2.75 bits per heavy atom. The molecule has 0 radical (unpaired) electrons. The highest BCUT2D eigenvalue weighted by Gasteiger charge is 2.27. The highest BCUT2D eigenvalue weighted by atomic mass is 35.5. The molecule has 0 spiro atoms. The maximum absolute atomic E-state index is 13.7. The lowest BCUT2D eigenvalue weighted by Gasteiger charge is -2.29. The number of carbonyl (C=O) groups excluding carboxylic acids is 1. The summed E-state index contributed by atoms with van der Waals surface area (Å²) in [6, 6.07) is 6.68. The van der Waals surface area contributed by atoms with Gasteiger partial charge in [-0.05, 0) is 68.4 Å². The van der Waals surface area contributed by atoms with E-state index in [1.54, 1.807) is 27.6 Å². The summed E-state index contributed by atoms with van der Waals surface area (Å²) in [5, 5.41) is 3.93. The molecule has 6 rings (SSSR count). The second-order valence-corrected chi connectivity index (χ2v) is 10.7. The number of carbonyl (C=O) groups is 1. The van der Waals surface area contributed by atoms with Crippen LogP contribution in [-0.4, -0.2) is 41.0 Å². The monoisotopic (exact) mass is 565 g/mol. The molecule has 0 aliphatic heterocycles. The molecule has 0 saturated heterocycles. The fourth-order valence-electron chi connectivity index (χ4n) is 5.56. The maximum Gasteiger partial charge on any atom is 0.335 e. The van der Waals surface area contributed by atoms with Crippen molar-refractivity contribution in [2.45, 2.75) is 51.6 Å². The Bertz CT molecular complexity index is 1790. The average molecular weight is 566 g/mol. The fraction of sp³-hybridized carbons (Fsp3) is 0.321. The molecular weight excluding hydrogens is 540 g/mol. The lowest BCUT2D eigenvalue weighted by Crippen LogP contribution is -2.39. The van der Waals surface area contributed by atoms with Crippen molar-refractivity contribution < 1.29 is 13.6 Å². The van der Waals surface area contributed by atoms with Gasteiger partial charge in [0.05, 0.1) is 28.0 Å². The fourth-order valence-corrected chi connectivity index (χ4v) is 5.72. The van der Waals surface area contributed by atoms with Crippen LogP contribution in [0, 0.1) is 12.8 Å². The standard InChI is InChI=1S/C28H26ClF2N7O2/c1-15-11-34-25-20(15)10-19(13-35-25)38-22-3-2-8-32-26(22)37(28(38)40)14-16-4-6-18(7-5-16)36-27(39)21-9-17(29)12-33-23(21)24(30)31/h2-3,8-13,16,18,24H,4-7,14H2,1H3,(H,34,35)(H,36,39). The van der Waals surface area contributed by atoms with Crippen LogP contribution in [0.25, 0.3) is 27.9 Å². The molecule has 0 bridgehead atoms. The summed E-state index contributed by atoms with van der Waals surface area (Å²) in [7, 11) is 0. The molecule has 5 heterocycles. The van der Waals surface area contributed by atoms with Crippen LogP contribution in [0.5, 0.6) is 0 Å². The Labute approximate surface area is 232 Å². The summed E-state index contributed by atoms with van der Waals surface area (Å²) in [6.07, 6.45) is 6.28. The lowest BCUT2D eigenvalue weighted by atomic mass is 9.86. The van der Waals surface area contributed by atoms with E-state index in [-0.39, 0.29) is 28.2 Å². The Kier molecular flexibility index (Phi) is 6.83. The normalized spacial score (nSPS) is 17.6. The molecule has 5 aromatic heterocycles. The van der Waals surface area contributed by atoms with Gasteiger partial charge in [0.2, 0.25) is 0 Å². The zero-order chi connectivity index (χ0) is 28.0. The molecule has 9 nitrogen and oxygen atoms in total. The number of hydrogen-bond donors (Lipinski definition) is 2. The van der Waals surface area contributed by atoms with Crippen molar-refractivity contribution in [1.82, 2.24) is 34.4 Å². The van der Waals surface area contributed by atoms with Crippen LogP contribution in [0.1, 0.15) is 53.7 Å². The Morgan fingerprint density at radius 2 is 1.98 bits per heavy atom. The van der Waals surface area contributed by atoms with Gasteiger partial charge in [-0.1, -0.05) is 11.6 Å². The van der Waals surface area contributed by atoms with Crippen molar-refractivity contribution in [3.05, 3.63) is 81.4 Å². The van der Waals surface area contributed by atoms with Crippen molar-refractivity contribution in [3.8, 4) is 5.69 Å². The molecule has 1 saturated carbocycles. The minimum Gasteiger partial charge on any atom is -0.349 e. The van der Waals surface area contributed by atoms with E-state index in [0.29, 0.717) is 36.2 Å². The van der Waals surface area contributed by atoms with Crippen molar-refractivity contribution in [1.29, 1.82) is 0 Å². The van der Waals surface area contributed by atoms with E-state index in [4.69, 9.17) is 11.6 Å². The molecule has 12 heteroatoms. The largest absolute Gasteiger partial charge is 0.349 e. The number of hydrogen-bond acceptors (Lipinski definition) is 5. The lowest BCUT2D eigenvalue weighted by molar-refractivity contribution is 0.0904. The molecule has 5 aromatic rings. The first-order valence-electron chi connectivity index (χ1n) is 13.0. The van der Waals surface area contributed by atoms with Crippen LogP contribution in [-0.2, 0) is 6.54 Å². The maximum atomic E-state index is 13.7. The Balaban J connectivity index is 1.20. The third kappa shape index (κ3) is 4.74. The Morgan fingerprint density at radius 1 is 1.18 bits per heavy atom. The third-order valence-corrected chi connectivity index (χ3v) is 7.83. The summed E-state index contributed by atoms with van der Waals surface area (Å²) in [5.74, 6) is -0.427. The van der Waals surface area contributed by atoms with Gasteiger partial charge in [0.1, 0.15) is 11.3 Å². The molecule has 1 fully saturated rings. The molecule has 1 amide bonds. The third-order valence-electron chi connectivity index (χ3n) is 7.63. The number of halogens is 3. The number of imidazole rings is 1. The van der Waals surface area contributed by atoms with Crippen LogP contribution < -0.4 is 11.0 Å². The molecule has 40 heavy (non-hydrogen) atoms. The van der Waals surface area contributed by atoms with Crippen LogP contribution in [0.2, 0.25) is 5.02 Å². The first-order chi connectivity index (χ1) is 19.3. The summed E-state index contributed by atoms with van der Waals surface area (Å²) in [6.45, 7) is 2.47. The number of alkyl halides is 2. The molecule has 1 aliphatic rings. The molecular formula is C28H26ClF2N7O2. The van der Waals surface area contributed by atoms with Gasteiger partial charge >= 0.3 is 5.69 Å². The zero-order valence-electron chi connectivity index (χ0n) is 21.6. The summed E-state index contributed by atoms with van der Waals surface area (Å²) in [4.78, 5) is 42.3. The van der Waals surface area contributed by atoms with E-state index >= 15 is 0 Å². The zero-order valence-corrected chi connectivity index (χ0v) is 22.3. The van der Waals surface area contributed by atoms with Crippen LogP contribution in [0.4, 0.5) is 8.78 Å². The number of H-pyrrole nitrogens is 1. The van der Waals surface area contributed by atoms with Crippen LogP contribution >= 0.6 is 11.6 Å². The number of nitrogens with zero attached hydrogens (tertiary/aromatic N) is 5. The molecule has 0 atom stereocenters. The van der Waals surface area contributed by atoms with E-state index in [9.17, 15) is 18.4 Å². The average Bonchev–Trinajstić information content (AvgIpc) is 3.45. The van der Waals surface area contributed by atoms with Crippen molar-refractivity contribution >= 4 is 39.7 Å². The number of amides is 1. The van der Waals surface area contributed by atoms with Crippen LogP contribution in [0.15, 0.2) is 53.8 Å². The Hall–Kier alpha value is -4.12. The molecule has 2 N–H and O–H groups in total. The van der Waals surface area contributed by atoms with E-state index in [2.05, 4.69) is 25.3 Å². The van der Waals surface area contributed by atoms with Crippen molar-refractivity contribution in [2.24, 2.45) is 5.92 Å². The highest BCUT2D eigenvalue weighted by molar-refractivity contribution is 6.30. The van der Waals surface area contributed by atoms with E-state index < -0.39 is 18.0 Å². The first-order valence-corrected chi connectivity index (χ1v) is 13.4. The number of aromatic nitrogens is 6. The predicted molar refractivity (Wildman–Crippen MR) is 147 cm³/mol. The number of pyridine rings is 3. The topological polar surface area (TPSA) is 110 Å². The predicted octanol–water partition coefficient (Wildman–Crippen LogP) is 5.35. The van der Waals surface area contributed by atoms with Gasteiger partial charge in [-0.2, -0.15) is 0 Å². The van der Waals surface area contributed by atoms with Crippen molar-refractivity contribution in [2.75, 3.05) is 0 Å². The van der Waals surface area contributed by atoms with Gasteiger partial charge in [0.25, 0.3) is 12.3 Å². The molecule has 0 unspecified atom stereocenters. The molecule has 1 aliphatic carbocycles. The summed E-state index contributed by atoms with van der Waals surface area (Å²) < 4.78 is 30.1. The minimum absolute atomic E-state index is 0.121. The van der Waals surface area contributed by atoms with Gasteiger partial charge in [0.15, 0.2) is 5.65 Å². The SMILES string of the molecule is Cc1c[nH]c2ncc(-n3c(=O)n(CC4CCC(NC(=O)c5cc(Cl)cnc5C(F)F)CC4)c4ncccc43)cc12. The second-order valence-electron chi connectivity index (χ2n) is 10.2. The van der Waals surface area contributed by atoms with E-state index in [1.165, 1.54) is 6.07 Å². The summed E-state index contributed by atoms with van der Waals surface area (Å²) in [5.41, 5.74) is 2.79.